The van der Waals surface area contributed by atoms with Crippen LogP contribution in [-0.4, -0.2) is 12.1 Å². The molecule has 0 aliphatic carbocycles. The Morgan fingerprint density at radius 1 is 1.29 bits per heavy atom. The summed E-state index contributed by atoms with van der Waals surface area (Å²) in [6.45, 7) is 1.84. The van der Waals surface area contributed by atoms with Gasteiger partial charge in [0.2, 0.25) is 0 Å². The van der Waals surface area contributed by atoms with Crippen molar-refractivity contribution in [3.63, 3.8) is 0 Å². The molecule has 1 heterocycles. The van der Waals surface area contributed by atoms with Crippen LogP contribution in [0.1, 0.15) is 5.56 Å². The van der Waals surface area contributed by atoms with Gasteiger partial charge < -0.3 is 10.5 Å². The topological polar surface area (TPSA) is 48.1 Å². The molecule has 1 aromatic carbocycles. The number of nitrogen functional groups attached to an aromatic ring is 1. The fourth-order valence-corrected chi connectivity index (χ4v) is 1.59. The second kappa shape index (κ2) is 4.41. The molecule has 0 atom stereocenters. The lowest BCUT2D eigenvalue weighted by molar-refractivity contribution is 0.411. The van der Waals surface area contributed by atoms with Crippen molar-refractivity contribution < 1.29 is 9.13 Å². The smallest absolute Gasteiger partial charge is 0.134 e. The van der Waals surface area contributed by atoms with Crippen molar-refractivity contribution in [1.82, 2.24) is 4.98 Å². The van der Waals surface area contributed by atoms with Gasteiger partial charge in [-0.2, -0.15) is 0 Å². The summed E-state index contributed by atoms with van der Waals surface area (Å²) in [5.41, 5.74) is 7.65. The maximum absolute atomic E-state index is 13.8. The number of aromatic nitrogens is 1. The minimum Gasteiger partial charge on any atom is -0.497 e. The molecule has 0 fully saturated rings. The van der Waals surface area contributed by atoms with Crippen molar-refractivity contribution in [3.8, 4) is 16.9 Å². The molecule has 88 valence electrons. The highest BCUT2D eigenvalue weighted by atomic mass is 19.1. The number of methoxy groups -OCH3 is 1. The lowest BCUT2D eigenvalue weighted by Crippen LogP contribution is -1.95. The average Bonchev–Trinajstić information content (AvgIpc) is 2.32. The van der Waals surface area contributed by atoms with E-state index < -0.39 is 0 Å². The molecule has 0 saturated heterocycles. The van der Waals surface area contributed by atoms with Crippen LogP contribution in [-0.2, 0) is 0 Å². The number of hydrogen-bond acceptors (Lipinski definition) is 3. The number of anilines is 1. The minimum absolute atomic E-state index is 0.338. The van der Waals surface area contributed by atoms with E-state index >= 15 is 0 Å². The number of nitrogens with two attached hydrogens (primary N) is 1. The quantitative estimate of drug-likeness (QED) is 0.866. The number of hydrogen-bond donors (Lipinski definition) is 1. The van der Waals surface area contributed by atoms with Gasteiger partial charge in [-0.25, -0.2) is 9.37 Å². The van der Waals surface area contributed by atoms with Gasteiger partial charge >= 0.3 is 0 Å². The molecule has 0 bridgehead atoms. The summed E-state index contributed by atoms with van der Waals surface area (Å²) >= 11 is 0. The second-order valence-corrected chi connectivity index (χ2v) is 3.77. The van der Waals surface area contributed by atoms with Crippen LogP contribution in [0.25, 0.3) is 11.1 Å². The van der Waals surface area contributed by atoms with Crippen LogP contribution in [0, 0.1) is 12.7 Å². The zero-order valence-corrected chi connectivity index (χ0v) is 9.70. The molecule has 1 aromatic heterocycles. The minimum atomic E-state index is -0.338. The van der Waals surface area contributed by atoms with Crippen molar-refractivity contribution in [2.75, 3.05) is 12.8 Å². The number of nitrogens with zero attached hydrogens (tertiary/aromatic N) is 1. The fourth-order valence-electron chi connectivity index (χ4n) is 1.59. The van der Waals surface area contributed by atoms with E-state index in [1.165, 1.54) is 13.2 Å². The number of benzene rings is 1. The molecule has 0 aliphatic rings. The van der Waals surface area contributed by atoms with E-state index in [2.05, 4.69) is 4.98 Å². The Bertz CT molecular complexity index is 555. The van der Waals surface area contributed by atoms with Crippen LogP contribution in [0.3, 0.4) is 0 Å². The van der Waals surface area contributed by atoms with Gasteiger partial charge in [0.25, 0.3) is 0 Å². The number of aryl methyl sites for hydroxylation is 1. The molecule has 2 rings (SSSR count). The van der Waals surface area contributed by atoms with Crippen molar-refractivity contribution in [3.05, 3.63) is 41.8 Å². The highest BCUT2D eigenvalue weighted by Gasteiger charge is 2.08. The van der Waals surface area contributed by atoms with Crippen LogP contribution in [0.5, 0.6) is 5.75 Å². The number of rotatable bonds is 2. The molecule has 3 nitrogen and oxygen atoms in total. The van der Waals surface area contributed by atoms with E-state index in [1.54, 1.807) is 18.3 Å². The summed E-state index contributed by atoms with van der Waals surface area (Å²) < 4.78 is 18.8. The van der Waals surface area contributed by atoms with Crippen LogP contribution in [0.2, 0.25) is 0 Å². The molecule has 0 radical (unpaired) electrons. The molecular weight excluding hydrogens is 219 g/mol. The van der Waals surface area contributed by atoms with Gasteiger partial charge in [-0.3, -0.25) is 0 Å². The van der Waals surface area contributed by atoms with Crippen LogP contribution in [0.4, 0.5) is 10.2 Å². The normalized spacial score (nSPS) is 10.3. The summed E-state index contributed by atoms with van der Waals surface area (Å²) in [5.74, 6) is 0.615. The maximum atomic E-state index is 13.8. The van der Waals surface area contributed by atoms with Crippen LogP contribution < -0.4 is 10.5 Å². The van der Waals surface area contributed by atoms with Crippen molar-refractivity contribution in [2.45, 2.75) is 6.92 Å². The predicted molar refractivity (Wildman–Crippen MR) is 65.3 cm³/mol. The Hall–Kier alpha value is -2.10. The van der Waals surface area contributed by atoms with E-state index in [-0.39, 0.29) is 5.82 Å². The SMILES string of the molecule is COc1ccc(-c2cnc(N)c(C)c2)c(F)c1. The number of halogens is 1. The van der Waals surface area contributed by atoms with Crippen LogP contribution in [0.15, 0.2) is 30.5 Å². The molecule has 17 heavy (non-hydrogen) atoms. The van der Waals surface area contributed by atoms with Crippen molar-refractivity contribution >= 4 is 5.82 Å². The molecule has 0 unspecified atom stereocenters. The Kier molecular flexibility index (Phi) is 2.95. The molecule has 2 N–H and O–H groups in total. The third-order valence-electron chi connectivity index (χ3n) is 2.61. The Morgan fingerprint density at radius 3 is 2.65 bits per heavy atom. The third kappa shape index (κ3) is 2.20. The van der Waals surface area contributed by atoms with Gasteiger partial charge in [0.05, 0.1) is 7.11 Å². The van der Waals surface area contributed by atoms with Gasteiger partial charge in [0.15, 0.2) is 0 Å². The van der Waals surface area contributed by atoms with E-state index in [9.17, 15) is 4.39 Å². The zero-order chi connectivity index (χ0) is 12.4. The monoisotopic (exact) mass is 232 g/mol. The highest BCUT2D eigenvalue weighted by molar-refractivity contribution is 5.66. The van der Waals surface area contributed by atoms with E-state index in [0.29, 0.717) is 22.7 Å². The largest absolute Gasteiger partial charge is 0.497 e. The Labute approximate surface area is 99.1 Å². The summed E-state index contributed by atoms with van der Waals surface area (Å²) in [7, 11) is 1.50. The number of ether oxygens (including phenoxy) is 1. The summed E-state index contributed by atoms with van der Waals surface area (Å²) in [5, 5.41) is 0. The first-order chi connectivity index (χ1) is 8.11. The Balaban J connectivity index is 2.49. The first-order valence-electron chi connectivity index (χ1n) is 5.18. The predicted octanol–water partition coefficient (Wildman–Crippen LogP) is 2.79. The number of pyridine rings is 1. The van der Waals surface area contributed by atoms with Crippen molar-refractivity contribution in [2.24, 2.45) is 0 Å². The zero-order valence-electron chi connectivity index (χ0n) is 9.70. The van der Waals surface area contributed by atoms with E-state index in [4.69, 9.17) is 10.5 Å². The van der Waals surface area contributed by atoms with Gasteiger partial charge in [-0.15, -0.1) is 0 Å². The molecule has 0 spiro atoms. The fraction of sp³-hybridized carbons (Fsp3) is 0.154. The average molecular weight is 232 g/mol. The van der Waals surface area contributed by atoms with E-state index in [0.717, 1.165) is 5.56 Å². The standard InChI is InChI=1S/C13H13FN2O/c1-8-5-9(7-16-13(8)15)11-4-3-10(17-2)6-12(11)14/h3-7H,1-2H3,(H2,15,16). The first kappa shape index (κ1) is 11.4. The Morgan fingerprint density at radius 2 is 2.06 bits per heavy atom. The van der Waals surface area contributed by atoms with Gasteiger partial charge in [-0.05, 0) is 30.7 Å². The summed E-state index contributed by atoms with van der Waals surface area (Å²) in [4.78, 5) is 4.02. The highest BCUT2D eigenvalue weighted by Crippen LogP contribution is 2.27. The lowest BCUT2D eigenvalue weighted by atomic mass is 10.1. The maximum Gasteiger partial charge on any atom is 0.134 e. The summed E-state index contributed by atoms with van der Waals surface area (Å²) in [6, 6.07) is 6.54. The van der Waals surface area contributed by atoms with Gasteiger partial charge in [0.1, 0.15) is 17.4 Å². The van der Waals surface area contributed by atoms with Crippen LogP contribution >= 0.6 is 0 Å². The molecular formula is C13H13FN2O. The molecule has 0 amide bonds. The molecule has 0 aliphatic heterocycles. The van der Waals surface area contributed by atoms with Gasteiger partial charge in [-0.1, -0.05) is 0 Å². The van der Waals surface area contributed by atoms with Gasteiger partial charge in [0, 0.05) is 23.4 Å². The molecule has 4 heteroatoms. The lowest BCUT2D eigenvalue weighted by Gasteiger charge is -2.07. The third-order valence-corrected chi connectivity index (χ3v) is 2.61. The molecule has 0 saturated carbocycles. The van der Waals surface area contributed by atoms with E-state index in [1.807, 2.05) is 13.0 Å². The molecule has 2 aromatic rings. The summed E-state index contributed by atoms with van der Waals surface area (Å²) in [6.07, 6.45) is 1.56. The first-order valence-corrected chi connectivity index (χ1v) is 5.18. The second-order valence-electron chi connectivity index (χ2n) is 3.77. The van der Waals surface area contributed by atoms with Crippen molar-refractivity contribution in [1.29, 1.82) is 0 Å².